The Morgan fingerprint density at radius 1 is 1.06 bits per heavy atom. The average molecular weight is 462 g/mol. The smallest absolute Gasteiger partial charge is 0.274 e. The zero-order chi connectivity index (χ0) is 24.2. The standard InChI is InChI=1S/C25H27N5O4/c1-16(2)14-30-25(34)20-6-4-3-5-19(20)22(28-30)23(32)27-13-17-7-9-18(10-8-17)24(33)29-12-11-26-21(31)15-29/h3-10,16H,11-15H2,1-2H3,(H,26,31)(H,27,32). The predicted octanol–water partition coefficient (Wildman–Crippen LogP) is 1.55. The van der Waals surface area contributed by atoms with E-state index in [-0.39, 0.29) is 48.0 Å². The normalized spacial score (nSPS) is 13.7. The third-order valence-corrected chi connectivity index (χ3v) is 5.60. The van der Waals surface area contributed by atoms with E-state index >= 15 is 0 Å². The number of fused-ring (bicyclic) bond motifs is 1. The fourth-order valence-corrected chi connectivity index (χ4v) is 3.90. The van der Waals surface area contributed by atoms with Gasteiger partial charge in [0.1, 0.15) is 0 Å². The van der Waals surface area contributed by atoms with E-state index in [4.69, 9.17) is 0 Å². The molecule has 0 spiro atoms. The number of aromatic nitrogens is 2. The summed E-state index contributed by atoms with van der Waals surface area (Å²) in [7, 11) is 0. The van der Waals surface area contributed by atoms with E-state index in [0.717, 1.165) is 5.56 Å². The van der Waals surface area contributed by atoms with E-state index in [0.29, 0.717) is 36.0 Å². The number of nitrogens with one attached hydrogen (secondary N) is 2. The van der Waals surface area contributed by atoms with Crippen molar-refractivity contribution >= 4 is 28.5 Å². The zero-order valence-electron chi connectivity index (χ0n) is 19.2. The van der Waals surface area contributed by atoms with E-state index in [9.17, 15) is 19.2 Å². The highest BCUT2D eigenvalue weighted by Crippen LogP contribution is 2.14. The number of amides is 3. The van der Waals surface area contributed by atoms with E-state index in [1.54, 1.807) is 48.5 Å². The second kappa shape index (κ2) is 9.86. The Balaban J connectivity index is 1.48. The lowest BCUT2D eigenvalue weighted by atomic mass is 10.1. The molecule has 3 amide bonds. The van der Waals surface area contributed by atoms with Crippen LogP contribution in [-0.4, -0.2) is 52.0 Å². The Kier molecular flexibility index (Phi) is 6.72. The molecule has 9 nitrogen and oxygen atoms in total. The molecule has 0 aliphatic carbocycles. The molecular weight excluding hydrogens is 434 g/mol. The maximum absolute atomic E-state index is 13.0. The summed E-state index contributed by atoms with van der Waals surface area (Å²) in [6.07, 6.45) is 0. The highest BCUT2D eigenvalue weighted by Gasteiger charge is 2.22. The van der Waals surface area contributed by atoms with Crippen LogP contribution < -0.4 is 16.2 Å². The molecule has 2 heterocycles. The molecule has 2 aromatic carbocycles. The molecule has 4 rings (SSSR count). The van der Waals surface area contributed by atoms with Crippen molar-refractivity contribution in [1.29, 1.82) is 0 Å². The van der Waals surface area contributed by atoms with Crippen LogP contribution in [0.2, 0.25) is 0 Å². The molecule has 0 unspecified atom stereocenters. The molecule has 2 N–H and O–H groups in total. The SMILES string of the molecule is CC(C)Cn1nc(C(=O)NCc2ccc(C(=O)N3CCNC(=O)C3)cc2)c2ccccc2c1=O. The van der Waals surface area contributed by atoms with Gasteiger partial charge in [0.2, 0.25) is 5.91 Å². The van der Waals surface area contributed by atoms with E-state index in [1.807, 2.05) is 13.8 Å². The van der Waals surface area contributed by atoms with Crippen LogP contribution in [0.4, 0.5) is 0 Å². The molecular formula is C25H27N5O4. The van der Waals surface area contributed by atoms with Crippen LogP contribution in [0, 0.1) is 5.92 Å². The number of hydrogen-bond acceptors (Lipinski definition) is 5. The van der Waals surface area contributed by atoms with Crippen LogP contribution in [0.25, 0.3) is 10.8 Å². The van der Waals surface area contributed by atoms with Crippen LogP contribution >= 0.6 is 0 Å². The Morgan fingerprint density at radius 3 is 2.44 bits per heavy atom. The average Bonchev–Trinajstić information content (AvgIpc) is 2.84. The number of carbonyl (C=O) groups excluding carboxylic acids is 3. The fraction of sp³-hybridized carbons (Fsp3) is 0.320. The molecule has 9 heteroatoms. The van der Waals surface area contributed by atoms with Crippen LogP contribution in [-0.2, 0) is 17.9 Å². The van der Waals surface area contributed by atoms with Gasteiger partial charge < -0.3 is 15.5 Å². The summed E-state index contributed by atoms with van der Waals surface area (Å²) in [5, 5.41) is 10.9. The molecule has 0 radical (unpaired) electrons. The molecule has 0 bridgehead atoms. The molecule has 0 saturated carbocycles. The van der Waals surface area contributed by atoms with Gasteiger partial charge in [0.05, 0.1) is 11.9 Å². The predicted molar refractivity (Wildman–Crippen MR) is 127 cm³/mol. The van der Waals surface area contributed by atoms with Crippen molar-refractivity contribution in [3.63, 3.8) is 0 Å². The zero-order valence-corrected chi connectivity index (χ0v) is 19.2. The van der Waals surface area contributed by atoms with Gasteiger partial charge in [0.15, 0.2) is 5.69 Å². The van der Waals surface area contributed by atoms with Gasteiger partial charge in [-0.15, -0.1) is 0 Å². The molecule has 176 valence electrons. The van der Waals surface area contributed by atoms with Crippen molar-refractivity contribution in [2.24, 2.45) is 5.92 Å². The summed E-state index contributed by atoms with van der Waals surface area (Å²) in [4.78, 5) is 51.4. The summed E-state index contributed by atoms with van der Waals surface area (Å²) in [6.45, 7) is 5.59. The van der Waals surface area contributed by atoms with E-state index in [1.165, 1.54) is 9.58 Å². The van der Waals surface area contributed by atoms with E-state index in [2.05, 4.69) is 15.7 Å². The van der Waals surface area contributed by atoms with Gasteiger partial charge >= 0.3 is 0 Å². The summed E-state index contributed by atoms with van der Waals surface area (Å²) in [6, 6.07) is 13.9. The maximum atomic E-state index is 13.0. The van der Waals surface area contributed by atoms with Gasteiger partial charge in [-0.1, -0.05) is 44.2 Å². The quantitative estimate of drug-likeness (QED) is 0.578. The van der Waals surface area contributed by atoms with Crippen molar-refractivity contribution < 1.29 is 14.4 Å². The highest BCUT2D eigenvalue weighted by molar-refractivity contribution is 6.04. The first-order valence-corrected chi connectivity index (χ1v) is 11.3. The molecule has 0 atom stereocenters. The number of hydrogen-bond donors (Lipinski definition) is 2. The summed E-state index contributed by atoms with van der Waals surface area (Å²) in [5.41, 5.74) is 1.28. The van der Waals surface area contributed by atoms with Crippen LogP contribution in [0.15, 0.2) is 53.3 Å². The number of rotatable bonds is 6. The lowest BCUT2D eigenvalue weighted by Crippen LogP contribution is -2.49. The summed E-state index contributed by atoms with van der Waals surface area (Å²) < 4.78 is 1.35. The molecule has 1 aliphatic heterocycles. The minimum Gasteiger partial charge on any atom is -0.353 e. The summed E-state index contributed by atoms with van der Waals surface area (Å²) in [5.74, 6) is -0.552. The highest BCUT2D eigenvalue weighted by atomic mass is 16.2. The number of nitrogens with zero attached hydrogens (tertiary/aromatic N) is 3. The molecule has 1 aromatic heterocycles. The third kappa shape index (κ3) is 4.98. The van der Waals surface area contributed by atoms with Crippen LogP contribution in [0.3, 0.4) is 0 Å². The molecule has 1 saturated heterocycles. The van der Waals surface area contributed by atoms with Gasteiger partial charge in [0.25, 0.3) is 17.4 Å². The largest absolute Gasteiger partial charge is 0.353 e. The first-order valence-electron chi connectivity index (χ1n) is 11.3. The van der Waals surface area contributed by atoms with E-state index < -0.39 is 0 Å². The van der Waals surface area contributed by atoms with Crippen molar-refractivity contribution in [3.05, 3.63) is 75.7 Å². The van der Waals surface area contributed by atoms with Gasteiger partial charge in [-0.25, -0.2) is 4.68 Å². The molecule has 34 heavy (non-hydrogen) atoms. The lowest BCUT2D eigenvalue weighted by Gasteiger charge is -2.26. The number of benzene rings is 2. The monoisotopic (exact) mass is 461 g/mol. The van der Waals surface area contributed by atoms with Gasteiger partial charge in [0, 0.05) is 37.1 Å². The minimum atomic E-state index is -0.381. The van der Waals surface area contributed by atoms with Gasteiger partial charge in [-0.3, -0.25) is 19.2 Å². The topological polar surface area (TPSA) is 113 Å². The van der Waals surface area contributed by atoms with Crippen molar-refractivity contribution in [2.75, 3.05) is 19.6 Å². The number of piperazine rings is 1. The van der Waals surface area contributed by atoms with Crippen molar-refractivity contribution in [1.82, 2.24) is 25.3 Å². The summed E-state index contributed by atoms with van der Waals surface area (Å²) >= 11 is 0. The number of carbonyl (C=O) groups is 3. The van der Waals surface area contributed by atoms with Crippen molar-refractivity contribution in [3.8, 4) is 0 Å². The Labute approximate surface area is 196 Å². The van der Waals surface area contributed by atoms with Crippen LogP contribution in [0.1, 0.15) is 40.3 Å². The minimum absolute atomic E-state index is 0.0521. The lowest BCUT2D eigenvalue weighted by molar-refractivity contribution is -0.123. The second-order valence-corrected chi connectivity index (χ2v) is 8.73. The molecule has 1 aliphatic rings. The maximum Gasteiger partial charge on any atom is 0.274 e. The van der Waals surface area contributed by atoms with Crippen LogP contribution in [0.5, 0.6) is 0 Å². The van der Waals surface area contributed by atoms with Crippen molar-refractivity contribution in [2.45, 2.75) is 26.9 Å². The van der Waals surface area contributed by atoms with Gasteiger partial charge in [-0.05, 0) is 29.7 Å². The second-order valence-electron chi connectivity index (χ2n) is 8.73. The molecule has 1 fully saturated rings. The third-order valence-electron chi connectivity index (χ3n) is 5.60. The Morgan fingerprint density at radius 2 is 1.76 bits per heavy atom. The fourth-order valence-electron chi connectivity index (χ4n) is 3.90. The first-order chi connectivity index (χ1) is 16.3. The Hall–Kier alpha value is -4.01. The van der Waals surface area contributed by atoms with Gasteiger partial charge in [-0.2, -0.15) is 5.10 Å². The molecule has 3 aromatic rings. The Bertz CT molecular complexity index is 1300. The first kappa shape index (κ1) is 23.2.